The summed E-state index contributed by atoms with van der Waals surface area (Å²) in [5, 5.41) is 23.3. The number of aliphatic hydroxyl groups excluding tert-OH is 1. The Kier molecular flexibility index (Phi) is 8.74. The molecule has 0 radical (unpaired) electrons. The minimum Gasteiger partial charge on any atom is -0.506 e. The van der Waals surface area contributed by atoms with E-state index < -0.39 is 0 Å². The smallest absolute Gasteiger partial charge is 0.308 e. The number of hydrogen-bond donors (Lipinski definition) is 3. The van der Waals surface area contributed by atoms with Crippen LogP contribution in [0.1, 0.15) is 36.7 Å². The van der Waals surface area contributed by atoms with Crippen LogP contribution < -0.4 is 5.32 Å². The predicted molar refractivity (Wildman–Crippen MR) is 136 cm³/mol. The number of esters is 1. The Morgan fingerprint density at radius 3 is 2.94 bits per heavy atom. The summed E-state index contributed by atoms with van der Waals surface area (Å²) < 4.78 is 12.8. The second kappa shape index (κ2) is 12.2. The van der Waals surface area contributed by atoms with Crippen LogP contribution in [0.3, 0.4) is 0 Å². The van der Waals surface area contributed by atoms with Gasteiger partial charge in [-0.2, -0.15) is 0 Å². The number of carbonyl (C=O) groups is 1. The molecule has 36 heavy (non-hydrogen) atoms. The van der Waals surface area contributed by atoms with Crippen LogP contribution in [0.4, 0.5) is 5.95 Å². The Morgan fingerprint density at radius 1 is 1.28 bits per heavy atom. The first kappa shape index (κ1) is 25.9. The van der Waals surface area contributed by atoms with Gasteiger partial charge in [-0.1, -0.05) is 6.07 Å². The topological polar surface area (TPSA) is 122 Å². The van der Waals surface area contributed by atoms with Gasteiger partial charge in [0.25, 0.3) is 0 Å². The number of aryl methyl sites for hydroxylation is 1. The molecule has 0 bridgehead atoms. The van der Waals surface area contributed by atoms with Crippen LogP contribution in [0, 0.1) is 6.92 Å². The van der Waals surface area contributed by atoms with Gasteiger partial charge in [0.05, 0.1) is 49.9 Å². The van der Waals surface area contributed by atoms with Crippen molar-refractivity contribution in [1.82, 2.24) is 19.4 Å². The number of carbonyl (C=O) groups excluding carboxylic acids is 1. The molecular weight excluding hydrogens is 462 g/mol. The van der Waals surface area contributed by atoms with Gasteiger partial charge in [0.2, 0.25) is 5.95 Å². The van der Waals surface area contributed by atoms with E-state index in [1.54, 1.807) is 19.1 Å². The molecule has 1 aliphatic heterocycles. The lowest BCUT2D eigenvalue weighted by molar-refractivity contribution is -0.148. The van der Waals surface area contributed by atoms with Gasteiger partial charge in [-0.15, -0.1) is 0 Å². The number of aromatic nitrogens is 3. The number of aliphatic hydroxyl groups is 1. The van der Waals surface area contributed by atoms with Crippen molar-refractivity contribution in [2.45, 2.75) is 45.9 Å². The van der Waals surface area contributed by atoms with Crippen LogP contribution >= 0.6 is 0 Å². The fourth-order valence-electron chi connectivity index (χ4n) is 4.45. The summed E-state index contributed by atoms with van der Waals surface area (Å²) in [6.07, 6.45) is 1.03. The van der Waals surface area contributed by atoms with E-state index in [2.05, 4.69) is 15.2 Å². The van der Waals surface area contributed by atoms with Gasteiger partial charge in [0, 0.05) is 31.9 Å². The van der Waals surface area contributed by atoms with Gasteiger partial charge < -0.3 is 29.6 Å². The van der Waals surface area contributed by atoms with Crippen molar-refractivity contribution in [2.24, 2.45) is 0 Å². The molecule has 2 aromatic heterocycles. The van der Waals surface area contributed by atoms with Crippen LogP contribution in [0.15, 0.2) is 30.3 Å². The molecule has 3 N–H and O–H groups in total. The Balaban J connectivity index is 1.40. The molecule has 1 aromatic carbocycles. The third kappa shape index (κ3) is 6.51. The van der Waals surface area contributed by atoms with E-state index >= 15 is 0 Å². The van der Waals surface area contributed by atoms with Crippen molar-refractivity contribution in [1.29, 1.82) is 0 Å². The molecule has 4 rings (SSSR count). The summed E-state index contributed by atoms with van der Waals surface area (Å²) in [5.41, 5.74) is 3.86. The number of imidazole rings is 1. The van der Waals surface area contributed by atoms with Crippen molar-refractivity contribution in [2.75, 3.05) is 44.7 Å². The second-order valence-electron chi connectivity index (χ2n) is 9.00. The zero-order chi connectivity index (χ0) is 25.5. The Hall–Kier alpha value is -3.21. The normalized spacial score (nSPS) is 16.4. The summed E-state index contributed by atoms with van der Waals surface area (Å²) in [7, 11) is 0. The third-order valence-electron chi connectivity index (χ3n) is 6.25. The Morgan fingerprint density at radius 2 is 2.14 bits per heavy atom. The van der Waals surface area contributed by atoms with Crippen molar-refractivity contribution in [3.63, 3.8) is 0 Å². The molecule has 1 fully saturated rings. The Bertz CT molecular complexity index is 1180. The molecule has 3 heterocycles. The predicted octanol–water partition coefficient (Wildman–Crippen LogP) is 2.44. The quantitative estimate of drug-likeness (QED) is 0.271. The summed E-state index contributed by atoms with van der Waals surface area (Å²) in [5.74, 6) is 0.610. The maximum absolute atomic E-state index is 11.8. The SMILES string of the molecule is CCOC(=O)CC1CN(CCCNc2nc3cc(CO)ccc3n2Cc2nc(C)ccc2O)CCO1. The van der Waals surface area contributed by atoms with Crippen molar-refractivity contribution < 1.29 is 24.5 Å². The first-order chi connectivity index (χ1) is 17.5. The molecule has 10 heteroatoms. The molecule has 10 nitrogen and oxygen atoms in total. The maximum Gasteiger partial charge on any atom is 0.308 e. The lowest BCUT2D eigenvalue weighted by Gasteiger charge is -2.32. The summed E-state index contributed by atoms with van der Waals surface area (Å²) >= 11 is 0. The number of aromatic hydroxyl groups is 1. The molecule has 0 spiro atoms. The molecule has 1 aliphatic rings. The minimum atomic E-state index is -0.219. The summed E-state index contributed by atoms with van der Waals surface area (Å²) in [4.78, 5) is 23.4. The van der Waals surface area contributed by atoms with Gasteiger partial charge in [-0.25, -0.2) is 4.98 Å². The average molecular weight is 498 g/mol. The number of benzene rings is 1. The standard InChI is InChI=1S/C26H35N5O5/c1-3-35-25(34)14-20-15-30(11-12-36-20)10-4-9-27-26-29-21-13-19(17-32)6-7-23(21)31(26)16-22-24(33)8-5-18(2)28-22/h5-8,13,20,32-33H,3-4,9-12,14-17H2,1-2H3,(H,27,29). The number of pyridine rings is 1. The molecule has 1 saturated heterocycles. The second-order valence-corrected chi connectivity index (χ2v) is 9.00. The molecular formula is C26H35N5O5. The number of nitrogens with zero attached hydrogens (tertiary/aromatic N) is 4. The summed E-state index contributed by atoms with van der Waals surface area (Å²) in [6.45, 7) is 8.10. The fourth-order valence-corrected chi connectivity index (χ4v) is 4.45. The number of fused-ring (bicyclic) bond motifs is 1. The molecule has 1 unspecified atom stereocenters. The highest BCUT2D eigenvalue weighted by atomic mass is 16.5. The number of hydrogen-bond acceptors (Lipinski definition) is 9. The molecule has 0 saturated carbocycles. The van der Waals surface area contributed by atoms with Crippen LogP contribution in [0.2, 0.25) is 0 Å². The largest absolute Gasteiger partial charge is 0.506 e. The number of rotatable bonds is 11. The van der Waals surface area contributed by atoms with Crippen LogP contribution in [0.25, 0.3) is 11.0 Å². The van der Waals surface area contributed by atoms with Crippen LogP contribution in [0.5, 0.6) is 5.75 Å². The molecule has 194 valence electrons. The van der Waals surface area contributed by atoms with Crippen molar-refractivity contribution in [3.8, 4) is 5.75 Å². The minimum absolute atomic E-state index is 0.0531. The number of ether oxygens (including phenoxy) is 2. The first-order valence-electron chi connectivity index (χ1n) is 12.5. The van der Waals surface area contributed by atoms with E-state index in [4.69, 9.17) is 14.5 Å². The molecule has 0 aliphatic carbocycles. The van der Waals surface area contributed by atoms with Gasteiger partial charge in [0.15, 0.2) is 0 Å². The highest BCUT2D eigenvalue weighted by molar-refractivity contribution is 5.79. The van der Waals surface area contributed by atoms with Crippen LogP contribution in [-0.4, -0.2) is 81.1 Å². The van der Waals surface area contributed by atoms with Gasteiger partial charge >= 0.3 is 5.97 Å². The lowest BCUT2D eigenvalue weighted by Crippen LogP contribution is -2.44. The van der Waals surface area contributed by atoms with Gasteiger partial charge in [-0.05, 0) is 50.1 Å². The molecule has 1 atom stereocenters. The lowest BCUT2D eigenvalue weighted by atomic mass is 10.2. The fraction of sp³-hybridized carbons (Fsp3) is 0.500. The van der Waals surface area contributed by atoms with E-state index in [0.717, 1.165) is 41.8 Å². The van der Waals surface area contributed by atoms with E-state index in [-0.39, 0.29) is 30.9 Å². The number of morpholine rings is 1. The highest BCUT2D eigenvalue weighted by Gasteiger charge is 2.23. The maximum atomic E-state index is 11.8. The van der Waals surface area contributed by atoms with Crippen molar-refractivity contribution >= 4 is 23.0 Å². The summed E-state index contributed by atoms with van der Waals surface area (Å²) in [6, 6.07) is 9.12. The monoisotopic (exact) mass is 497 g/mol. The molecule has 3 aromatic rings. The van der Waals surface area contributed by atoms with Gasteiger partial charge in [-0.3, -0.25) is 14.7 Å². The highest BCUT2D eigenvalue weighted by Crippen LogP contribution is 2.25. The van der Waals surface area contributed by atoms with Gasteiger partial charge in [0.1, 0.15) is 11.4 Å². The van der Waals surface area contributed by atoms with E-state index in [9.17, 15) is 15.0 Å². The first-order valence-corrected chi connectivity index (χ1v) is 12.5. The average Bonchev–Trinajstić information content (AvgIpc) is 3.20. The number of nitrogens with one attached hydrogen (secondary N) is 1. The van der Waals surface area contributed by atoms with E-state index in [1.165, 1.54) is 0 Å². The van der Waals surface area contributed by atoms with Crippen LogP contribution in [-0.2, 0) is 27.4 Å². The molecule has 0 amide bonds. The third-order valence-corrected chi connectivity index (χ3v) is 6.25. The zero-order valence-corrected chi connectivity index (χ0v) is 20.9. The Labute approximate surface area is 210 Å². The van der Waals surface area contributed by atoms with E-state index in [1.807, 2.05) is 29.7 Å². The number of anilines is 1. The zero-order valence-electron chi connectivity index (χ0n) is 20.9. The van der Waals surface area contributed by atoms with Crippen molar-refractivity contribution in [3.05, 3.63) is 47.3 Å². The van der Waals surface area contributed by atoms with E-state index in [0.29, 0.717) is 44.5 Å².